The van der Waals surface area contributed by atoms with Gasteiger partial charge in [0, 0.05) is 38.9 Å². The lowest BCUT2D eigenvalue weighted by molar-refractivity contribution is -0.0367. The predicted octanol–water partition coefficient (Wildman–Crippen LogP) is 2.07. The van der Waals surface area contributed by atoms with E-state index in [9.17, 15) is 0 Å². The molecule has 26 heavy (non-hydrogen) atoms. The van der Waals surface area contributed by atoms with Gasteiger partial charge in [0.2, 0.25) is 0 Å². The summed E-state index contributed by atoms with van der Waals surface area (Å²) in [6.45, 7) is 8.36. The molecule has 0 spiro atoms. The van der Waals surface area contributed by atoms with E-state index in [4.69, 9.17) is 14.0 Å². The van der Waals surface area contributed by atoms with Gasteiger partial charge in [0.25, 0.3) is 0 Å². The highest BCUT2D eigenvalue weighted by Crippen LogP contribution is 2.18. The molecular weight excluding hydrogens is 332 g/mol. The van der Waals surface area contributed by atoms with Crippen molar-refractivity contribution >= 4 is 5.96 Å². The van der Waals surface area contributed by atoms with Gasteiger partial charge >= 0.3 is 0 Å². The Morgan fingerprint density at radius 2 is 2.12 bits per heavy atom. The van der Waals surface area contributed by atoms with E-state index >= 15 is 0 Å². The number of ether oxygens (including phenoxy) is 2. The number of aryl methyl sites for hydroxylation is 2. The number of nitrogens with one attached hydrogen (secondary N) is 1. The highest BCUT2D eigenvalue weighted by atomic mass is 16.5. The lowest BCUT2D eigenvalue weighted by Crippen LogP contribution is -2.47. The number of piperidine rings is 1. The van der Waals surface area contributed by atoms with Gasteiger partial charge in [0.05, 0.1) is 24.5 Å². The largest absolute Gasteiger partial charge is 0.376 e. The molecule has 146 valence electrons. The number of likely N-dealkylation sites (tertiary alicyclic amines) is 1. The van der Waals surface area contributed by atoms with Gasteiger partial charge in [-0.1, -0.05) is 5.16 Å². The van der Waals surface area contributed by atoms with E-state index in [2.05, 4.69) is 20.4 Å². The smallest absolute Gasteiger partial charge is 0.193 e. The third-order valence-corrected chi connectivity index (χ3v) is 5.33. The van der Waals surface area contributed by atoms with Crippen molar-refractivity contribution in [2.75, 3.05) is 39.9 Å². The Balaban J connectivity index is 1.38. The van der Waals surface area contributed by atoms with Gasteiger partial charge in [-0.2, -0.15) is 0 Å². The maximum Gasteiger partial charge on any atom is 0.193 e. The first-order valence-electron chi connectivity index (χ1n) is 9.78. The van der Waals surface area contributed by atoms with Crippen molar-refractivity contribution < 1.29 is 14.0 Å². The zero-order valence-electron chi connectivity index (χ0n) is 16.3. The van der Waals surface area contributed by atoms with E-state index < -0.39 is 0 Å². The fourth-order valence-corrected chi connectivity index (χ4v) is 3.74. The molecule has 2 aliphatic heterocycles. The van der Waals surface area contributed by atoms with Crippen LogP contribution in [0.25, 0.3) is 0 Å². The maximum atomic E-state index is 6.06. The van der Waals surface area contributed by atoms with Crippen LogP contribution in [0.15, 0.2) is 9.52 Å². The van der Waals surface area contributed by atoms with Gasteiger partial charge in [-0.05, 0) is 46.0 Å². The van der Waals surface area contributed by atoms with Crippen LogP contribution < -0.4 is 5.32 Å². The van der Waals surface area contributed by atoms with Crippen LogP contribution >= 0.6 is 0 Å². The highest BCUT2D eigenvalue weighted by Gasteiger charge is 2.24. The molecule has 1 aromatic heterocycles. The van der Waals surface area contributed by atoms with Gasteiger partial charge in [0.1, 0.15) is 5.76 Å². The van der Waals surface area contributed by atoms with Crippen molar-refractivity contribution in [2.45, 2.75) is 58.2 Å². The van der Waals surface area contributed by atoms with Crippen LogP contribution in [0.3, 0.4) is 0 Å². The molecular formula is C19H32N4O3. The Kier molecular flexibility index (Phi) is 6.91. The van der Waals surface area contributed by atoms with Gasteiger partial charge in [-0.3, -0.25) is 4.99 Å². The lowest BCUT2D eigenvalue weighted by atomic mass is 10.1. The second-order valence-corrected chi connectivity index (χ2v) is 7.18. The average Bonchev–Trinajstić information content (AvgIpc) is 3.29. The molecule has 1 atom stereocenters. The fourth-order valence-electron chi connectivity index (χ4n) is 3.74. The van der Waals surface area contributed by atoms with E-state index in [1.807, 2.05) is 20.9 Å². The minimum atomic E-state index is 0.312. The monoisotopic (exact) mass is 364 g/mol. The van der Waals surface area contributed by atoms with E-state index in [-0.39, 0.29) is 0 Å². The van der Waals surface area contributed by atoms with E-state index in [0.29, 0.717) is 12.2 Å². The Labute approximate surface area is 156 Å². The summed E-state index contributed by atoms with van der Waals surface area (Å²) in [7, 11) is 1.85. The number of rotatable bonds is 6. The van der Waals surface area contributed by atoms with Crippen LogP contribution in [-0.2, 0) is 15.9 Å². The minimum Gasteiger partial charge on any atom is -0.376 e. The topological polar surface area (TPSA) is 72.1 Å². The third-order valence-electron chi connectivity index (χ3n) is 5.33. The summed E-state index contributed by atoms with van der Waals surface area (Å²) in [4.78, 5) is 6.76. The zero-order chi connectivity index (χ0) is 18.4. The maximum absolute atomic E-state index is 6.06. The quantitative estimate of drug-likeness (QED) is 0.615. The predicted molar refractivity (Wildman–Crippen MR) is 101 cm³/mol. The van der Waals surface area contributed by atoms with Crippen LogP contribution in [0.4, 0.5) is 0 Å². The first kappa shape index (κ1) is 19.2. The average molecular weight is 364 g/mol. The number of guanidine groups is 1. The summed E-state index contributed by atoms with van der Waals surface area (Å²) in [6.07, 6.45) is 5.93. The summed E-state index contributed by atoms with van der Waals surface area (Å²) >= 11 is 0. The second kappa shape index (κ2) is 9.37. The van der Waals surface area contributed by atoms with Crippen molar-refractivity contribution in [2.24, 2.45) is 4.99 Å². The summed E-state index contributed by atoms with van der Waals surface area (Å²) in [6, 6.07) is 0. The van der Waals surface area contributed by atoms with Crippen LogP contribution in [-0.4, -0.2) is 68.1 Å². The van der Waals surface area contributed by atoms with Crippen molar-refractivity contribution in [3.63, 3.8) is 0 Å². The molecule has 2 aliphatic rings. The number of nitrogens with zero attached hydrogens (tertiary/aromatic N) is 3. The molecule has 0 radical (unpaired) electrons. The molecule has 0 bridgehead atoms. The standard InChI is InChI=1S/C19H32N4O3/c1-14-18(15(2)26-22-14)6-9-21-19(20-3)23-10-7-16(8-11-23)25-13-17-5-4-12-24-17/h16-17H,4-13H2,1-3H3,(H,20,21). The Morgan fingerprint density at radius 3 is 2.73 bits per heavy atom. The molecule has 2 fully saturated rings. The summed E-state index contributed by atoms with van der Waals surface area (Å²) in [5.41, 5.74) is 2.16. The zero-order valence-corrected chi connectivity index (χ0v) is 16.3. The van der Waals surface area contributed by atoms with Crippen LogP contribution in [0.2, 0.25) is 0 Å². The minimum absolute atomic E-state index is 0.312. The van der Waals surface area contributed by atoms with E-state index in [1.54, 1.807) is 0 Å². The van der Waals surface area contributed by atoms with Crippen LogP contribution in [0, 0.1) is 13.8 Å². The molecule has 3 rings (SSSR count). The third kappa shape index (κ3) is 4.98. The number of hydrogen-bond donors (Lipinski definition) is 1. The molecule has 1 N–H and O–H groups in total. The van der Waals surface area contributed by atoms with Crippen molar-refractivity contribution in [3.8, 4) is 0 Å². The van der Waals surface area contributed by atoms with Gasteiger partial charge < -0.3 is 24.2 Å². The highest BCUT2D eigenvalue weighted by molar-refractivity contribution is 5.80. The molecule has 0 aromatic carbocycles. The van der Waals surface area contributed by atoms with Gasteiger partial charge in [-0.25, -0.2) is 0 Å². The molecule has 0 amide bonds. The Morgan fingerprint density at radius 1 is 1.31 bits per heavy atom. The van der Waals surface area contributed by atoms with Crippen molar-refractivity contribution in [3.05, 3.63) is 17.0 Å². The molecule has 1 unspecified atom stereocenters. The van der Waals surface area contributed by atoms with Crippen molar-refractivity contribution in [1.29, 1.82) is 0 Å². The summed E-state index contributed by atoms with van der Waals surface area (Å²) < 4.78 is 16.9. The SMILES string of the molecule is CN=C(NCCc1c(C)noc1C)N1CCC(OCC2CCCO2)CC1. The molecule has 7 heteroatoms. The molecule has 1 aromatic rings. The molecule has 0 saturated carbocycles. The normalized spacial score (nSPS) is 22.2. The lowest BCUT2D eigenvalue weighted by Gasteiger charge is -2.34. The number of aliphatic imine (C=N–C) groups is 1. The molecule has 7 nitrogen and oxygen atoms in total. The number of aromatic nitrogens is 1. The summed E-state index contributed by atoms with van der Waals surface area (Å²) in [5, 5.41) is 7.48. The van der Waals surface area contributed by atoms with Gasteiger partial charge in [-0.15, -0.1) is 0 Å². The second-order valence-electron chi connectivity index (χ2n) is 7.18. The van der Waals surface area contributed by atoms with E-state index in [0.717, 1.165) is 75.9 Å². The molecule has 3 heterocycles. The molecule has 0 aliphatic carbocycles. The number of hydrogen-bond acceptors (Lipinski definition) is 5. The Bertz CT molecular complexity index is 568. The van der Waals surface area contributed by atoms with Crippen molar-refractivity contribution in [1.82, 2.24) is 15.4 Å². The van der Waals surface area contributed by atoms with Crippen LogP contribution in [0.5, 0.6) is 0 Å². The Hall–Kier alpha value is -1.60. The first-order chi connectivity index (χ1) is 12.7. The molecule has 2 saturated heterocycles. The first-order valence-corrected chi connectivity index (χ1v) is 9.78. The van der Waals surface area contributed by atoms with Gasteiger partial charge in [0.15, 0.2) is 5.96 Å². The van der Waals surface area contributed by atoms with E-state index in [1.165, 1.54) is 12.0 Å². The van der Waals surface area contributed by atoms with Crippen LogP contribution in [0.1, 0.15) is 42.7 Å². The summed E-state index contributed by atoms with van der Waals surface area (Å²) in [5.74, 6) is 1.87. The fraction of sp³-hybridized carbons (Fsp3) is 0.789.